The zero-order chi connectivity index (χ0) is 16.2. The van der Waals surface area contributed by atoms with Gasteiger partial charge in [-0.05, 0) is 49.1 Å². The van der Waals surface area contributed by atoms with Gasteiger partial charge in [0.15, 0.2) is 0 Å². The summed E-state index contributed by atoms with van der Waals surface area (Å²) >= 11 is 0. The summed E-state index contributed by atoms with van der Waals surface area (Å²) in [6, 6.07) is 7.52. The third kappa shape index (κ3) is 3.83. The molecule has 3 rings (SSSR count). The Kier molecular flexibility index (Phi) is 4.50. The standard InChI is InChI=1S/C17H19FN4O/c1-12-7-10-22(11-8-12)16(23)15-6-9-19-17(21-15)20-14-4-2-13(18)3-5-14/h2-6,9,12H,7-8,10-11H2,1H3,(H,19,20,21). The number of hydrogen-bond donors (Lipinski definition) is 1. The molecule has 0 bridgehead atoms. The lowest BCUT2D eigenvalue weighted by molar-refractivity contribution is 0.0691. The van der Waals surface area contributed by atoms with Gasteiger partial charge in [0.2, 0.25) is 5.95 Å². The van der Waals surface area contributed by atoms with Crippen molar-refractivity contribution in [1.82, 2.24) is 14.9 Å². The summed E-state index contributed by atoms with van der Waals surface area (Å²) in [5.41, 5.74) is 1.04. The van der Waals surface area contributed by atoms with E-state index in [0.29, 0.717) is 23.2 Å². The molecular formula is C17H19FN4O. The van der Waals surface area contributed by atoms with Gasteiger partial charge in [0, 0.05) is 25.0 Å². The van der Waals surface area contributed by atoms with Crippen molar-refractivity contribution in [3.63, 3.8) is 0 Å². The van der Waals surface area contributed by atoms with E-state index in [1.54, 1.807) is 24.4 Å². The summed E-state index contributed by atoms with van der Waals surface area (Å²) in [4.78, 5) is 22.7. The summed E-state index contributed by atoms with van der Waals surface area (Å²) in [7, 11) is 0. The first-order valence-corrected chi connectivity index (χ1v) is 7.77. The summed E-state index contributed by atoms with van der Waals surface area (Å²) in [6.45, 7) is 3.74. The number of carbonyl (C=O) groups excluding carboxylic acids is 1. The minimum absolute atomic E-state index is 0.0681. The van der Waals surface area contributed by atoms with Crippen LogP contribution >= 0.6 is 0 Å². The molecule has 1 fully saturated rings. The Morgan fingerprint density at radius 1 is 1.22 bits per heavy atom. The van der Waals surface area contributed by atoms with Gasteiger partial charge in [-0.15, -0.1) is 0 Å². The lowest BCUT2D eigenvalue weighted by Gasteiger charge is -2.30. The maximum atomic E-state index is 12.9. The van der Waals surface area contributed by atoms with Crippen molar-refractivity contribution >= 4 is 17.5 Å². The van der Waals surface area contributed by atoms with Gasteiger partial charge in [-0.3, -0.25) is 4.79 Å². The molecule has 6 heteroatoms. The predicted molar refractivity (Wildman–Crippen MR) is 86.0 cm³/mol. The third-order valence-corrected chi connectivity index (χ3v) is 4.05. The SMILES string of the molecule is CC1CCN(C(=O)c2ccnc(Nc3ccc(F)cc3)n2)CC1. The number of amides is 1. The highest BCUT2D eigenvalue weighted by Crippen LogP contribution is 2.18. The van der Waals surface area contributed by atoms with Gasteiger partial charge >= 0.3 is 0 Å². The van der Waals surface area contributed by atoms with Crippen molar-refractivity contribution in [3.8, 4) is 0 Å². The van der Waals surface area contributed by atoms with Crippen LogP contribution in [0.2, 0.25) is 0 Å². The fourth-order valence-corrected chi connectivity index (χ4v) is 2.57. The van der Waals surface area contributed by atoms with Crippen LogP contribution < -0.4 is 5.32 Å². The molecule has 0 spiro atoms. The molecule has 0 radical (unpaired) electrons. The second-order valence-electron chi connectivity index (χ2n) is 5.87. The molecule has 0 aliphatic carbocycles. The van der Waals surface area contributed by atoms with E-state index >= 15 is 0 Å². The van der Waals surface area contributed by atoms with Crippen LogP contribution in [0.4, 0.5) is 16.0 Å². The van der Waals surface area contributed by atoms with Crippen LogP contribution in [-0.4, -0.2) is 33.9 Å². The van der Waals surface area contributed by atoms with Crippen molar-refractivity contribution in [2.75, 3.05) is 18.4 Å². The first-order valence-electron chi connectivity index (χ1n) is 7.77. The maximum absolute atomic E-state index is 12.9. The van der Waals surface area contributed by atoms with Gasteiger partial charge in [-0.1, -0.05) is 6.92 Å². The minimum Gasteiger partial charge on any atom is -0.337 e. The quantitative estimate of drug-likeness (QED) is 0.945. The van der Waals surface area contributed by atoms with Crippen molar-refractivity contribution in [2.45, 2.75) is 19.8 Å². The molecule has 1 saturated heterocycles. The first kappa shape index (κ1) is 15.4. The molecule has 2 heterocycles. The molecule has 1 aromatic carbocycles. The van der Waals surface area contributed by atoms with E-state index in [-0.39, 0.29) is 11.7 Å². The number of likely N-dealkylation sites (tertiary alicyclic amines) is 1. The number of nitrogens with zero attached hydrogens (tertiary/aromatic N) is 3. The topological polar surface area (TPSA) is 58.1 Å². The molecule has 1 aliphatic rings. The van der Waals surface area contributed by atoms with E-state index in [9.17, 15) is 9.18 Å². The number of nitrogens with one attached hydrogen (secondary N) is 1. The van der Waals surface area contributed by atoms with Crippen molar-refractivity contribution in [2.24, 2.45) is 5.92 Å². The normalized spacial score (nSPS) is 15.5. The van der Waals surface area contributed by atoms with Crippen LogP contribution in [0.25, 0.3) is 0 Å². The molecule has 23 heavy (non-hydrogen) atoms. The number of hydrogen-bond acceptors (Lipinski definition) is 4. The van der Waals surface area contributed by atoms with Crippen LogP contribution in [0.15, 0.2) is 36.5 Å². The molecule has 0 atom stereocenters. The maximum Gasteiger partial charge on any atom is 0.272 e. The number of carbonyl (C=O) groups is 1. The van der Waals surface area contributed by atoms with Crippen LogP contribution in [0.1, 0.15) is 30.3 Å². The first-order chi connectivity index (χ1) is 11.1. The summed E-state index contributed by atoms with van der Waals surface area (Å²) < 4.78 is 12.9. The van der Waals surface area contributed by atoms with E-state index in [2.05, 4.69) is 22.2 Å². The van der Waals surface area contributed by atoms with Gasteiger partial charge in [0.1, 0.15) is 11.5 Å². The highest BCUT2D eigenvalue weighted by atomic mass is 19.1. The van der Waals surface area contributed by atoms with Crippen molar-refractivity contribution < 1.29 is 9.18 Å². The number of anilines is 2. The predicted octanol–water partition coefficient (Wildman–Crippen LogP) is 3.23. The highest BCUT2D eigenvalue weighted by Gasteiger charge is 2.22. The van der Waals surface area contributed by atoms with Gasteiger partial charge in [-0.2, -0.15) is 0 Å². The van der Waals surface area contributed by atoms with Gasteiger partial charge in [-0.25, -0.2) is 14.4 Å². The second-order valence-corrected chi connectivity index (χ2v) is 5.87. The number of halogens is 1. The summed E-state index contributed by atoms with van der Waals surface area (Å²) in [5, 5.41) is 2.98. The van der Waals surface area contributed by atoms with Crippen molar-refractivity contribution in [1.29, 1.82) is 0 Å². The largest absolute Gasteiger partial charge is 0.337 e. The number of benzene rings is 1. The minimum atomic E-state index is -0.306. The lowest BCUT2D eigenvalue weighted by atomic mass is 9.99. The van der Waals surface area contributed by atoms with Crippen LogP contribution in [0.3, 0.4) is 0 Å². The van der Waals surface area contributed by atoms with Crippen LogP contribution in [-0.2, 0) is 0 Å². The Bertz CT molecular complexity index is 681. The third-order valence-electron chi connectivity index (χ3n) is 4.05. The van der Waals surface area contributed by atoms with E-state index in [0.717, 1.165) is 25.9 Å². The van der Waals surface area contributed by atoms with E-state index in [1.807, 2.05) is 4.90 Å². The van der Waals surface area contributed by atoms with Gasteiger partial charge in [0.05, 0.1) is 0 Å². The molecular weight excluding hydrogens is 295 g/mol. The van der Waals surface area contributed by atoms with Crippen LogP contribution in [0.5, 0.6) is 0 Å². The molecule has 1 aromatic heterocycles. The Morgan fingerprint density at radius 2 is 1.91 bits per heavy atom. The zero-order valence-electron chi connectivity index (χ0n) is 13.0. The Hall–Kier alpha value is -2.50. The summed E-state index contributed by atoms with van der Waals surface area (Å²) in [5.74, 6) is 0.620. The van der Waals surface area contributed by atoms with Crippen molar-refractivity contribution in [3.05, 3.63) is 48.0 Å². The van der Waals surface area contributed by atoms with E-state index < -0.39 is 0 Å². The molecule has 1 aliphatic heterocycles. The highest BCUT2D eigenvalue weighted by molar-refractivity contribution is 5.92. The monoisotopic (exact) mass is 314 g/mol. The number of aromatic nitrogens is 2. The Morgan fingerprint density at radius 3 is 2.61 bits per heavy atom. The van der Waals surface area contributed by atoms with Gasteiger partial charge in [0.25, 0.3) is 5.91 Å². The number of piperidine rings is 1. The Balaban J connectivity index is 1.71. The second kappa shape index (κ2) is 6.73. The fraction of sp³-hybridized carbons (Fsp3) is 0.353. The van der Waals surface area contributed by atoms with E-state index in [4.69, 9.17) is 0 Å². The molecule has 0 saturated carbocycles. The van der Waals surface area contributed by atoms with Crippen LogP contribution in [0, 0.1) is 11.7 Å². The molecule has 2 aromatic rings. The average Bonchev–Trinajstić information content (AvgIpc) is 2.57. The molecule has 0 unspecified atom stereocenters. The lowest BCUT2D eigenvalue weighted by Crippen LogP contribution is -2.38. The zero-order valence-corrected chi connectivity index (χ0v) is 13.0. The summed E-state index contributed by atoms with van der Waals surface area (Å²) in [6.07, 6.45) is 3.60. The Labute approximate surface area is 134 Å². The molecule has 1 N–H and O–H groups in total. The fourth-order valence-electron chi connectivity index (χ4n) is 2.57. The molecule has 5 nitrogen and oxygen atoms in total. The molecule has 120 valence electrons. The number of rotatable bonds is 3. The van der Waals surface area contributed by atoms with E-state index in [1.165, 1.54) is 12.1 Å². The average molecular weight is 314 g/mol. The molecule has 1 amide bonds. The smallest absolute Gasteiger partial charge is 0.272 e. The van der Waals surface area contributed by atoms with Gasteiger partial charge < -0.3 is 10.2 Å².